The van der Waals surface area contributed by atoms with E-state index in [2.05, 4.69) is 17.3 Å². The number of thioether (sulfide) groups is 1. The van der Waals surface area contributed by atoms with Gasteiger partial charge in [0.15, 0.2) is 11.3 Å². The number of fused-ring (bicyclic) bond motifs is 2. The highest BCUT2D eigenvalue weighted by atomic mass is 32.2. The molecule has 1 amide bonds. The van der Waals surface area contributed by atoms with Gasteiger partial charge in [0, 0.05) is 16.5 Å². The number of amidine groups is 1. The van der Waals surface area contributed by atoms with Gasteiger partial charge in [-0.15, -0.1) is 5.10 Å². The predicted octanol–water partition coefficient (Wildman–Crippen LogP) is 1.68. The Balaban J connectivity index is 1.92. The molecule has 0 saturated heterocycles. The second kappa shape index (κ2) is 6.84. The highest BCUT2D eigenvalue weighted by Gasteiger charge is 2.35. The SMILES string of the molecule is CCCSC1=NN2C(=c3ccccc3=NC2c2ccccc2O)C(=O)N1. The number of hydrogen-bond donors (Lipinski definition) is 2. The monoisotopic (exact) mass is 366 g/mol. The third kappa shape index (κ3) is 2.84. The van der Waals surface area contributed by atoms with Crippen LogP contribution in [-0.4, -0.2) is 26.9 Å². The first-order valence-electron chi connectivity index (χ1n) is 8.46. The number of carbonyl (C=O) groups is 1. The average molecular weight is 366 g/mol. The zero-order valence-electron chi connectivity index (χ0n) is 14.2. The molecule has 2 aliphatic rings. The van der Waals surface area contributed by atoms with Gasteiger partial charge in [0.05, 0.1) is 5.36 Å². The van der Waals surface area contributed by atoms with Crippen molar-refractivity contribution in [1.29, 1.82) is 0 Å². The van der Waals surface area contributed by atoms with E-state index in [4.69, 9.17) is 4.99 Å². The molecule has 0 radical (unpaired) electrons. The van der Waals surface area contributed by atoms with Crippen molar-refractivity contribution in [3.05, 3.63) is 64.7 Å². The topological polar surface area (TPSA) is 77.3 Å². The maximum Gasteiger partial charge on any atom is 0.276 e. The van der Waals surface area contributed by atoms with Crippen LogP contribution in [0.25, 0.3) is 5.70 Å². The number of aromatic hydroxyl groups is 1. The molecule has 6 nitrogen and oxygen atoms in total. The third-order valence-corrected chi connectivity index (χ3v) is 5.24. The van der Waals surface area contributed by atoms with Crippen LogP contribution in [0.5, 0.6) is 5.75 Å². The van der Waals surface area contributed by atoms with E-state index < -0.39 is 6.17 Å². The van der Waals surface area contributed by atoms with Crippen molar-refractivity contribution in [1.82, 2.24) is 10.3 Å². The average Bonchev–Trinajstić information content (AvgIpc) is 2.66. The smallest absolute Gasteiger partial charge is 0.276 e. The van der Waals surface area contributed by atoms with E-state index >= 15 is 0 Å². The fourth-order valence-corrected chi connectivity index (χ4v) is 3.71. The van der Waals surface area contributed by atoms with Crippen LogP contribution in [0.4, 0.5) is 0 Å². The molecule has 0 fully saturated rings. The van der Waals surface area contributed by atoms with Crippen LogP contribution in [0.1, 0.15) is 25.1 Å². The summed E-state index contributed by atoms with van der Waals surface area (Å²) in [7, 11) is 0. The molecule has 2 aliphatic heterocycles. The summed E-state index contributed by atoms with van der Waals surface area (Å²) in [5, 5.41) is 21.4. The van der Waals surface area contributed by atoms with E-state index in [1.807, 2.05) is 30.3 Å². The number of rotatable bonds is 3. The number of benzene rings is 2. The van der Waals surface area contributed by atoms with E-state index in [1.54, 1.807) is 23.2 Å². The summed E-state index contributed by atoms with van der Waals surface area (Å²) in [5.41, 5.74) is 1.06. The highest BCUT2D eigenvalue weighted by molar-refractivity contribution is 8.13. The molecular formula is C19H18N4O2S. The molecule has 26 heavy (non-hydrogen) atoms. The van der Waals surface area contributed by atoms with Crippen LogP contribution in [-0.2, 0) is 4.79 Å². The summed E-state index contributed by atoms with van der Waals surface area (Å²) in [4.78, 5) is 17.6. The minimum atomic E-state index is -0.593. The molecule has 2 heterocycles. The highest BCUT2D eigenvalue weighted by Crippen LogP contribution is 2.34. The van der Waals surface area contributed by atoms with Gasteiger partial charge in [0.1, 0.15) is 11.4 Å². The van der Waals surface area contributed by atoms with E-state index in [0.717, 1.165) is 17.4 Å². The van der Waals surface area contributed by atoms with Gasteiger partial charge < -0.3 is 5.11 Å². The van der Waals surface area contributed by atoms with Crippen molar-refractivity contribution in [3.63, 3.8) is 0 Å². The predicted molar refractivity (Wildman–Crippen MR) is 102 cm³/mol. The summed E-state index contributed by atoms with van der Waals surface area (Å²) in [6.07, 6.45) is 0.385. The van der Waals surface area contributed by atoms with Crippen molar-refractivity contribution in [2.45, 2.75) is 19.5 Å². The summed E-state index contributed by atoms with van der Waals surface area (Å²) < 4.78 is 0. The molecule has 0 aromatic heterocycles. The van der Waals surface area contributed by atoms with Crippen LogP contribution >= 0.6 is 11.8 Å². The molecule has 0 aliphatic carbocycles. The Morgan fingerprint density at radius 2 is 1.96 bits per heavy atom. The lowest BCUT2D eigenvalue weighted by Gasteiger charge is -2.34. The maximum absolute atomic E-state index is 12.8. The zero-order valence-corrected chi connectivity index (χ0v) is 15.0. The minimum absolute atomic E-state index is 0.129. The Bertz CT molecular complexity index is 1020. The summed E-state index contributed by atoms with van der Waals surface area (Å²) >= 11 is 1.50. The molecule has 4 rings (SSSR count). The Morgan fingerprint density at radius 1 is 1.19 bits per heavy atom. The molecule has 1 unspecified atom stereocenters. The third-order valence-electron chi connectivity index (χ3n) is 4.17. The fraction of sp³-hybridized carbons (Fsp3) is 0.211. The quantitative estimate of drug-likeness (QED) is 0.866. The zero-order chi connectivity index (χ0) is 18.1. The van der Waals surface area contributed by atoms with Crippen molar-refractivity contribution in [2.24, 2.45) is 10.1 Å². The summed E-state index contributed by atoms with van der Waals surface area (Å²) in [5.74, 6) is 0.780. The van der Waals surface area contributed by atoms with Gasteiger partial charge >= 0.3 is 0 Å². The number of hydrogen-bond acceptors (Lipinski definition) is 6. The molecule has 2 aromatic rings. The normalized spacial score (nSPS) is 18.4. The largest absolute Gasteiger partial charge is 0.508 e. The maximum atomic E-state index is 12.8. The van der Waals surface area contributed by atoms with Gasteiger partial charge in [0.2, 0.25) is 0 Å². The molecule has 0 bridgehead atoms. The number of amides is 1. The van der Waals surface area contributed by atoms with E-state index in [0.29, 0.717) is 21.8 Å². The molecule has 0 spiro atoms. The molecule has 132 valence electrons. The van der Waals surface area contributed by atoms with E-state index in [1.165, 1.54) is 11.8 Å². The van der Waals surface area contributed by atoms with Crippen LogP contribution in [0, 0.1) is 0 Å². The number of nitrogens with zero attached hydrogens (tertiary/aromatic N) is 3. The summed E-state index contributed by atoms with van der Waals surface area (Å²) in [6, 6.07) is 14.5. The second-order valence-corrected chi connectivity index (χ2v) is 7.06. The molecule has 7 heteroatoms. The van der Waals surface area contributed by atoms with Crippen molar-refractivity contribution >= 4 is 28.5 Å². The molecule has 1 atom stereocenters. The first-order valence-corrected chi connectivity index (χ1v) is 9.44. The molecule has 2 aromatic carbocycles. The lowest BCUT2D eigenvalue weighted by molar-refractivity contribution is -0.116. The Labute approximate surface area is 154 Å². The molecule has 0 saturated carbocycles. The number of carbonyl (C=O) groups excluding carboxylic acids is 1. The Morgan fingerprint density at radius 3 is 2.77 bits per heavy atom. The Kier molecular flexibility index (Phi) is 4.38. The lowest BCUT2D eigenvalue weighted by atomic mass is 10.1. The number of para-hydroxylation sites is 2. The van der Waals surface area contributed by atoms with E-state index in [-0.39, 0.29) is 11.7 Å². The minimum Gasteiger partial charge on any atom is -0.508 e. The van der Waals surface area contributed by atoms with Gasteiger partial charge in [-0.3, -0.25) is 15.1 Å². The van der Waals surface area contributed by atoms with Gasteiger partial charge in [-0.05, 0) is 18.6 Å². The molecule has 2 N–H and O–H groups in total. The first kappa shape index (κ1) is 16.7. The second-order valence-electron chi connectivity index (χ2n) is 5.98. The first-order chi connectivity index (χ1) is 12.7. The van der Waals surface area contributed by atoms with Gasteiger partial charge in [0.25, 0.3) is 5.91 Å². The van der Waals surface area contributed by atoms with Crippen LogP contribution in [0.15, 0.2) is 58.6 Å². The van der Waals surface area contributed by atoms with Gasteiger partial charge in [-0.1, -0.05) is 55.1 Å². The van der Waals surface area contributed by atoms with Crippen LogP contribution < -0.4 is 15.9 Å². The van der Waals surface area contributed by atoms with Gasteiger partial charge in [-0.2, -0.15) is 0 Å². The Hall–Kier alpha value is -2.80. The fourth-order valence-electron chi connectivity index (χ4n) is 3.00. The van der Waals surface area contributed by atoms with Crippen LogP contribution in [0.3, 0.4) is 0 Å². The van der Waals surface area contributed by atoms with Crippen molar-refractivity contribution in [2.75, 3.05) is 5.75 Å². The van der Waals surface area contributed by atoms with Crippen LogP contribution in [0.2, 0.25) is 0 Å². The number of phenolic OH excluding ortho intramolecular Hbond substituents is 1. The lowest BCUT2D eigenvalue weighted by Crippen LogP contribution is -2.50. The van der Waals surface area contributed by atoms with E-state index in [9.17, 15) is 9.90 Å². The van der Waals surface area contributed by atoms with Gasteiger partial charge in [-0.25, -0.2) is 5.01 Å². The molecular weight excluding hydrogens is 348 g/mol. The number of hydrazone groups is 1. The van der Waals surface area contributed by atoms with Crippen molar-refractivity contribution < 1.29 is 9.90 Å². The van der Waals surface area contributed by atoms with Crippen molar-refractivity contribution in [3.8, 4) is 5.75 Å². The summed E-state index contributed by atoms with van der Waals surface area (Å²) in [6.45, 7) is 2.08. The number of phenols is 1. The standard InChI is InChI=1S/C19H18N4O2S/c1-2-11-26-19-21-18(25)16-12-7-3-5-9-14(12)20-17(23(16)22-19)13-8-4-6-10-15(13)24/h3-10,17,24H,2,11H2,1H3,(H,21,22,25). The number of nitrogens with one attached hydrogen (secondary N) is 1.